The molecule has 4 N–H and O–H groups in total. The highest BCUT2D eigenvalue weighted by molar-refractivity contribution is 5.80. The third kappa shape index (κ3) is 3.62. The number of oxime groups is 1. The van der Waals surface area contributed by atoms with Crippen LogP contribution in [0, 0.1) is 0 Å². The number of methoxy groups -OCH3 is 1. The van der Waals surface area contributed by atoms with E-state index in [-0.39, 0.29) is 17.5 Å². The van der Waals surface area contributed by atoms with Crippen molar-refractivity contribution < 1.29 is 14.7 Å². The highest BCUT2D eigenvalue weighted by Gasteiger charge is 2.34. The van der Waals surface area contributed by atoms with Gasteiger partial charge in [-0.15, -0.1) is 0 Å². The van der Waals surface area contributed by atoms with Crippen LogP contribution in [-0.2, 0) is 9.47 Å². The minimum atomic E-state index is -0.223. The van der Waals surface area contributed by atoms with E-state index in [9.17, 15) is 0 Å². The first kappa shape index (κ1) is 13.2. The summed E-state index contributed by atoms with van der Waals surface area (Å²) in [6, 6.07) is 0.142. The molecule has 6 heteroatoms. The molecule has 0 bridgehead atoms. The first-order chi connectivity index (χ1) is 7.62. The number of hydrogen-bond donors (Lipinski definition) is 3. The zero-order valence-electron chi connectivity index (χ0n) is 9.90. The maximum Gasteiger partial charge on any atom is 0.140 e. The second kappa shape index (κ2) is 6.03. The highest BCUT2D eigenvalue weighted by Crippen LogP contribution is 2.21. The molecule has 94 valence electrons. The summed E-state index contributed by atoms with van der Waals surface area (Å²) in [7, 11) is 1.70. The van der Waals surface area contributed by atoms with Crippen LogP contribution in [0.2, 0.25) is 0 Å². The summed E-state index contributed by atoms with van der Waals surface area (Å²) >= 11 is 0. The Morgan fingerprint density at radius 1 is 1.75 bits per heavy atom. The first-order valence-electron chi connectivity index (χ1n) is 5.44. The average Bonchev–Trinajstić information content (AvgIpc) is 2.75. The minimum absolute atomic E-state index is 0.142. The lowest BCUT2D eigenvalue weighted by molar-refractivity contribution is -0.0170. The number of nitrogens with two attached hydrogens (primary N) is 1. The van der Waals surface area contributed by atoms with Gasteiger partial charge >= 0.3 is 0 Å². The number of nitrogens with one attached hydrogen (secondary N) is 1. The molecular formula is C10H21N3O3. The molecule has 1 aliphatic rings. The van der Waals surface area contributed by atoms with Crippen molar-refractivity contribution in [3.63, 3.8) is 0 Å². The van der Waals surface area contributed by atoms with E-state index in [1.165, 1.54) is 0 Å². The fourth-order valence-corrected chi connectivity index (χ4v) is 1.75. The van der Waals surface area contributed by atoms with Crippen molar-refractivity contribution in [3.8, 4) is 0 Å². The summed E-state index contributed by atoms with van der Waals surface area (Å²) in [6.07, 6.45) is 1.41. The van der Waals surface area contributed by atoms with Gasteiger partial charge < -0.3 is 25.7 Å². The van der Waals surface area contributed by atoms with Crippen molar-refractivity contribution in [2.45, 2.75) is 31.4 Å². The van der Waals surface area contributed by atoms with E-state index < -0.39 is 0 Å². The summed E-state index contributed by atoms with van der Waals surface area (Å²) < 4.78 is 10.8. The zero-order chi connectivity index (χ0) is 12.0. The number of nitrogens with zero attached hydrogens (tertiary/aromatic N) is 1. The lowest BCUT2D eigenvalue weighted by Gasteiger charge is -2.27. The maximum atomic E-state index is 8.45. The van der Waals surface area contributed by atoms with Crippen molar-refractivity contribution in [2.24, 2.45) is 10.9 Å². The van der Waals surface area contributed by atoms with Crippen molar-refractivity contribution in [1.82, 2.24) is 5.32 Å². The molecule has 1 rings (SSSR count). The zero-order valence-corrected chi connectivity index (χ0v) is 9.90. The van der Waals surface area contributed by atoms with E-state index in [4.69, 9.17) is 20.4 Å². The Labute approximate surface area is 95.8 Å². The second-order valence-corrected chi connectivity index (χ2v) is 4.27. The monoisotopic (exact) mass is 231 g/mol. The van der Waals surface area contributed by atoms with Gasteiger partial charge in [-0.05, 0) is 6.92 Å². The molecule has 2 atom stereocenters. The fourth-order valence-electron chi connectivity index (χ4n) is 1.75. The molecule has 0 aliphatic carbocycles. The van der Waals surface area contributed by atoms with Gasteiger partial charge in [-0.3, -0.25) is 0 Å². The van der Waals surface area contributed by atoms with E-state index in [1.54, 1.807) is 7.11 Å². The summed E-state index contributed by atoms with van der Waals surface area (Å²) in [5.41, 5.74) is 5.20. The summed E-state index contributed by atoms with van der Waals surface area (Å²) in [6.45, 7) is 4.05. The normalized spacial score (nSPS) is 28.2. The molecule has 0 spiro atoms. The molecule has 0 radical (unpaired) electrons. The quantitative estimate of drug-likeness (QED) is 0.257. The molecule has 6 nitrogen and oxygen atoms in total. The van der Waals surface area contributed by atoms with Gasteiger partial charge in [0, 0.05) is 39.1 Å². The van der Waals surface area contributed by atoms with Gasteiger partial charge in [0.1, 0.15) is 11.4 Å². The number of hydrogen-bond acceptors (Lipinski definition) is 5. The SMILES string of the molecule is COC1(CNC(C)CC(N)=NO)CCOC1. The van der Waals surface area contributed by atoms with Gasteiger partial charge in [-0.1, -0.05) is 5.16 Å². The largest absolute Gasteiger partial charge is 0.409 e. The van der Waals surface area contributed by atoms with Crippen LogP contribution in [0.15, 0.2) is 5.16 Å². The first-order valence-corrected chi connectivity index (χ1v) is 5.44. The van der Waals surface area contributed by atoms with E-state index >= 15 is 0 Å². The van der Waals surface area contributed by atoms with Crippen LogP contribution in [0.3, 0.4) is 0 Å². The smallest absolute Gasteiger partial charge is 0.140 e. The number of ether oxygens (including phenoxy) is 2. The molecule has 1 fully saturated rings. The minimum Gasteiger partial charge on any atom is -0.409 e. The molecule has 0 aromatic carbocycles. The number of amidine groups is 1. The van der Waals surface area contributed by atoms with Gasteiger partial charge in [-0.25, -0.2) is 0 Å². The Kier molecular flexibility index (Phi) is 4.98. The van der Waals surface area contributed by atoms with E-state index in [1.807, 2.05) is 6.92 Å². The Morgan fingerprint density at radius 3 is 3.00 bits per heavy atom. The molecule has 0 saturated carbocycles. The highest BCUT2D eigenvalue weighted by atomic mass is 16.5. The van der Waals surface area contributed by atoms with Crippen LogP contribution in [-0.4, -0.2) is 49.6 Å². The van der Waals surface area contributed by atoms with Crippen LogP contribution in [0.4, 0.5) is 0 Å². The predicted molar refractivity (Wildman–Crippen MR) is 60.7 cm³/mol. The molecule has 1 aliphatic heterocycles. The third-order valence-electron chi connectivity index (χ3n) is 2.92. The standard InChI is InChI=1S/C10H21N3O3/c1-8(5-9(11)13-14)12-6-10(15-2)3-4-16-7-10/h8,12,14H,3-7H2,1-2H3,(H2,11,13). The topological polar surface area (TPSA) is 89.1 Å². The van der Waals surface area contributed by atoms with Gasteiger partial charge in [0.15, 0.2) is 0 Å². The molecular weight excluding hydrogens is 210 g/mol. The maximum absolute atomic E-state index is 8.45. The molecule has 16 heavy (non-hydrogen) atoms. The van der Waals surface area contributed by atoms with Crippen LogP contribution in [0.25, 0.3) is 0 Å². The van der Waals surface area contributed by atoms with Crippen molar-refractivity contribution in [3.05, 3.63) is 0 Å². The van der Waals surface area contributed by atoms with Crippen LogP contribution in [0.5, 0.6) is 0 Å². The fraction of sp³-hybridized carbons (Fsp3) is 0.900. The van der Waals surface area contributed by atoms with Crippen molar-refractivity contribution in [1.29, 1.82) is 0 Å². The molecule has 2 unspecified atom stereocenters. The Balaban J connectivity index is 2.32. The van der Waals surface area contributed by atoms with Gasteiger partial charge in [0.25, 0.3) is 0 Å². The van der Waals surface area contributed by atoms with Gasteiger partial charge in [-0.2, -0.15) is 0 Å². The second-order valence-electron chi connectivity index (χ2n) is 4.27. The van der Waals surface area contributed by atoms with E-state index in [0.29, 0.717) is 19.6 Å². The van der Waals surface area contributed by atoms with Gasteiger partial charge in [0.2, 0.25) is 0 Å². The van der Waals surface area contributed by atoms with Crippen LogP contribution in [0.1, 0.15) is 19.8 Å². The molecule has 0 amide bonds. The van der Waals surface area contributed by atoms with Gasteiger partial charge in [0.05, 0.1) is 6.61 Å². The van der Waals surface area contributed by atoms with Crippen LogP contribution < -0.4 is 11.1 Å². The predicted octanol–water partition coefficient (Wildman–Crippen LogP) is -0.0935. The number of rotatable bonds is 6. The molecule has 1 heterocycles. The summed E-state index contributed by atoms with van der Waals surface area (Å²) in [4.78, 5) is 0. The van der Waals surface area contributed by atoms with E-state index in [0.717, 1.165) is 13.0 Å². The van der Waals surface area contributed by atoms with Crippen molar-refractivity contribution >= 4 is 5.84 Å². The Morgan fingerprint density at radius 2 is 2.50 bits per heavy atom. The lowest BCUT2D eigenvalue weighted by Crippen LogP contribution is -2.46. The third-order valence-corrected chi connectivity index (χ3v) is 2.92. The Bertz CT molecular complexity index is 239. The molecule has 0 aromatic heterocycles. The summed E-state index contributed by atoms with van der Waals surface area (Å²) in [5, 5.41) is 14.7. The lowest BCUT2D eigenvalue weighted by atomic mass is 10.0. The Hall–Kier alpha value is -0.850. The molecule has 0 aromatic rings. The molecule has 1 saturated heterocycles. The van der Waals surface area contributed by atoms with Crippen LogP contribution >= 0.6 is 0 Å². The van der Waals surface area contributed by atoms with E-state index in [2.05, 4.69) is 10.5 Å². The summed E-state index contributed by atoms with van der Waals surface area (Å²) in [5.74, 6) is 0.231. The average molecular weight is 231 g/mol. The van der Waals surface area contributed by atoms with Crippen molar-refractivity contribution in [2.75, 3.05) is 26.9 Å².